The Bertz CT molecular complexity index is 400. The maximum Gasteiger partial charge on any atom is 0.407 e. The molecule has 1 amide bonds. The van der Waals surface area contributed by atoms with E-state index in [0.717, 1.165) is 18.3 Å². The van der Waals surface area contributed by atoms with E-state index in [1.807, 2.05) is 27.7 Å². The summed E-state index contributed by atoms with van der Waals surface area (Å²) in [5.74, 6) is 1.59. The van der Waals surface area contributed by atoms with Crippen LogP contribution >= 0.6 is 0 Å². The number of nitrogens with one attached hydrogen (secondary N) is 2. The number of hydrogen-bond acceptors (Lipinski definition) is 4. The lowest BCUT2D eigenvalue weighted by atomic mass is 9.72. The molecule has 2 N–H and O–H groups in total. The molecule has 134 valence electrons. The largest absolute Gasteiger partial charge is 0.444 e. The highest BCUT2D eigenvalue weighted by Gasteiger charge is 2.45. The molecule has 5 heteroatoms. The van der Waals surface area contributed by atoms with Crippen molar-refractivity contribution in [3.63, 3.8) is 0 Å². The van der Waals surface area contributed by atoms with Crippen molar-refractivity contribution in [1.29, 1.82) is 0 Å². The van der Waals surface area contributed by atoms with Crippen molar-refractivity contribution in [2.75, 3.05) is 6.61 Å². The van der Waals surface area contributed by atoms with Crippen LogP contribution in [0.2, 0.25) is 0 Å². The van der Waals surface area contributed by atoms with Gasteiger partial charge in [0.15, 0.2) is 0 Å². The fourth-order valence-corrected chi connectivity index (χ4v) is 3.44. The van der Waals surface area contributed by atoms with E-state index in [1.165, 1.54) is 12.8 Å². The number of ether oxygens (including phenoxy) is 2. The van der Waals surface area contributed by atoms with Crippen LogP contribution in [0.25, 0.3) is 0 Å². The monoisotopic (exact) mass is 326 g/mol. The first-order chi connectivity index (χ1) is 10.7. The maximum absolute atomic E-state index is 12.0. The lowest BCUT2D eigenvalue weighted by Crippen LogP contribution is -2.69. The molecule has 23 heavy (non-hydrogen) atoms. The van der Waals surface area contributed by atoms with Crippen LogP contribution in [0.5, 0.6) is 0 Å². The predicted molar refractivity (Wildman–Crippen MR) is 91.5 cm³/mol. The zero-order valence-electron chi connectivity index (χ0n) is 15.5. The van der Waals surface area contributed by atoms with Gasteiger partial charge in [-0.25, -0.2) is 4.79 Å². The third-order valence-corrected chi connectivity index (χ3v) is 4.95. The number of hydrogen-bond donors (Lipinski definition) is 2. The fourth-order valence-electron chi connectivity index (χ4n) is 3.44. The number of carbonyl (C=O) groups excluding carboxylic acids is 1. The zero-order valence-corrected chi connectivity index (χ0v) is 15.5. The molecule has 0 bridgehead atoms. The molecule has 2 saturated carbocycles. The molecule has 2 aliphatic carbocycles. The minimum atomic E-state index is -0.464. The van der Waals surface area contributed by atoms with Crippen molar-refractivity contribution in [3.05, 3.63) is 0 Å². The van der Waals surface area contributed by atoms with E-state index in [4.69, 9.17) is 9.47 Å². The Balaban J connectivity index is 1.81. The second-order valence-corrected chi connectivity index (χ2v) is 8.35. The van der Waals surface area contributed by atoms with Gasteiger partial charge in [0.25, 0.3) is 0 Å². The Labute approximate surface area is 140 Å². The highest BCUT2D eigenvalue weighted by molar-refractivity contribution is 5.68. The summed E-state index contributed by atoms with van der Waals surface area (Å²) in [6, 6.07) is 0.846. The van der Waals surface area contributed by atoms with Crippen LogP contribution in [0.3, 0.4) is 0 Å². The molecule has 2 rings (SSSR count). The summed E-state index contributed by atoms with van der Waals surface area (Å²) in [6.07, 6.45) is 3.17. The normalized spacial score (nSPS) is 33.8. The van der Waals surface area contributed by atoms with E-state index < -0.39 is 5.60 Å². The SMILES string of the molecule is CCOC1CC(NC(=O)OC(C)(C)C)C1NC1CC(C(C)C)C1. The fraction of sp³-hybridized carbons (Fsp3) is 0.944. The van der Waals surface area contributed by atoms with Crippen LogP contribution in [-0.2, 0) is 9.47 Å². The zero-order chi connectivity index (χ0) is 17.2. The summed E-state index contributed by atoms with van der Waals surface area (Å²) in [7, 11) is 0. The molecule has 0 aromatic carbocycles. The van der Waals surface area contributed by atoms with Crippen molar-refractivity contribution in [3.8, 4) is 0 Å². The van der Waals surface area contributed by atoms with Gasteiger partial charge in [-0.05, 0) is 58.8 Å². The van der Waals surface area contributed by atoms with Crippen molar-refractivity contribution in [2.24, 2.45) is 11.8 Å². The van der Waals surface area contributed by atoms with E-state index in [1.54, 1.807) is 0 Å². The van der Waals surface area contributed by atoms with Gasteiger partial charge in [-0.1, -0.05) is 13.8 Å². The van der Waals surface area contributed by atoms with Crippen molar-refractivity contribution in [1.82, 2.24) is 10.6 Å². The summed E-state index contributed by atoms with van der Waals surface area (Å²) >= 11 is 0. The van der Waals surface area contributed by atoms with Crippen molar-refractivity contribution < 1.29 is 14.3 Å². The van der Waals surface area contributed by atoms with Gasteiger partial charge in [0.2, 0.25) is 0 Å². The number of amides is 1. The molecule has 2 fully saturated rings. The first-order valence-electron chi connectivity index (χ1n) is 9.06. The third kappa shape index (κ3) is 5.08. The average Bonchev–Trinajstić information content (AvgIpc) is 2.32. The maximum atomic E-state index is 12.0. The van der Waals surface area contributed by atoms with E-state index >= 15 is 0 Å². The highest BCUT2D eigenvalue weighted by Crippen LogP contribution is 2.36. The van der Waals surface area contributed by atoms with Gasteiger partial charge in [-0.3, -0.25) is 0 Å². The van der Waals surface area contributed by atoms with Crippen LogP contribution in [0.4, 0.5) is 4.79 Å². The van der Waals surface area contributed by atoms with Crippen LogP contribution in [0, 0.1) is 11.8 Å². The molecule has 2 aliphatic rings. The van der Waals surface area contributed by atoms with Gasteiger partial charge < -0.3 is 20.1 Å². The first-order valence-corrected chi connectivity index (χ1v) is 9.06. The molecular weight excluding hydrogens is 292 g/mol. The lowest BCUT2D eigenvalue weighted by molar-refractivity contribution is -0.0529. The summed E-state index contributed by atoms with van der Waals surface area (Å²) in [4.78, 5) is 12.0. The molecule has 5 nitrogen and oxygen atoms in total. The second kappa shape index (κ2) is 7.39. The molecule has 3 unspecified atom stereocenters. The summed E-state index contributed by atoms with van der Waals surface area (Å²) in [6.45, 7) is 13.0. The minimum absolute atomic E-state index is 0.0968. The second-order valence-electron chi connectivity index (χ2n) is 8.35. The number of carbonyl (C=O) groups is 1. The van der Waals surface area contributed by atoms with Gasteiger partial charge in [0.1, 0.15) is 5.60 Å². The van der Waals surface area contributed by atoms with Crippen LogP contribution in [0.1, 0.15) is 60.8 Å². The van der Waals surface area contributed by atoms with Gasteiger partial charge in [0.05, 0.1) is 18.2 Å². The molecular formula is C18H34N2O3. The molecule has 0 aromatic rings. The minimum Gasteiger partial charge on any atom is -0.444 e. The van der Waals surface area contributed by atoms with Crippen molar-refractivity contribution >= 4 is 6.09 Å². The van der Waals surface area contributed by atoms with Gasteiger partial charge in [-0.2, -0.15) is 0 Å². The number of rotatable bonds is 6. The number of alkyl carbamates (subject to hydrolysis) is 1. The Morgan fingerprint density at radius 3 is 2.39 bits per heavy atom. The first kappa shape index (κ1) is 18.5. The molecule has 0 radical (unpaired) electrons. The molecule has 0 heterocycles. The summed E-state index contributed by atoms with van der Waals surface area (Å²) in [5, 5.41) is 6.69. The summed E-state index contributed by atoms with van der Waals surface area (Å²) < 4.78 is 11.2. The molecule has 0 aliphatic heterocycles. The quantitative estimate of drug-likeness (QED) is 0.787. The van der Waals surface area contributed by atoms with E-state index in [9.17, 15) is 4.79 Å². The topological polar surface area (TPSA) is 59.6 Å². The highest BCUT2D eigenvalue weighted by atomic mass is 16.6. The van der Waals surface area contributed by atoms with Crippen molar-refractivity contribution in [2.45, 2.75) is 90.6 Å². The van der Waals surface area contributed by atoms with Gasteiger partial charge in [-0.15, -0.1) is 0 Å². The summed E-state index contributed by atoms with van der Waals surface area (Å²) in [5.41, 5.74) is -0.464. The smallest absolute Gasteiger partial charge is 0.407 e. The standard InChI is InChI=1S/C18H34N2O3/c1-7-22-15-10-14(20-17(21)23-18(4,5)6)16(15)19-13-8-12(9-13)11(2)3/h11-16,19H,7-10H2,1-6H3,(H,20,21). The molecule has 3 atom stereocenters. The third-order valence-electron chi connectivity index (χ3n) is 4.95. The van der Waals surface area contributed by atoms with E-state index in [-0.39, 0.29) is 24.3 Å². The Kier molecular flexibility index (Phi) is 5.95. The van der Waals surface area contributed by atoms with Crippen LogP contribution in [0.15, 0.2) is 0 Å². The molecule has 0 aromatic heterocycles. The Hall–Kier alpha value is -0.810. The van der Waals surface area contributed by atoms with Gasteiger partial charge >= 0.3 is 6.09 Å². The molecule has 0 saturated heterocycles. The van der Waals surface area contributed by atoms with Crippen LogP contribution in [-0.4, -0.2) is 42.5 Å². The van der Waals surface area contributed by atoms with Crippen LogP contribution < -0.4 is 10.6 Å². The predicted octanol–water partition coefficient (Wildman–Crippen LogP) is 3.08. The Morgan fingerprint density at radius 1 is 1.22 bits per heavy atom. The van der Waals surface area contributed by atoms with E-state index in [2.05, 4.69) is 24.5 Å². The average molecular weight is 326 g/mol. The van der Waals surface area contributed by atoms with E-state index in [0.29, 0.717) is 12.6 Å². The van der Waals surface area contributed by atoms with Gasteiger partial charge in [0, 0.05) is 12.6 Å². The molecule has 0 spiro atoms. The lowest BCUT2D eigenvalue weighted by Gasteiger charge is -2.49. The Morgan fingerprint density at radius 2 is 1.87 bits per heavy atom.